The molecular weight excluding hydrogens is 286 g/mol. The summed E-state index contributed by atoms with van der Waals surface area (Å²) in [6.07, 6.45) is 3.54. The van der Waals surface area contributed by atoms with Crippen molar-refractivity contribution in [2.24, 2.45) is 0 Å². The predicted octanol–water partition coefficient (Wildman–Crippen LogP) is 1.99. The zero-order valence-corrected chi connectivity index (χ0v) is 10.5. The van der Waals surface area contributed by atoms with Crippen LogP contribution in [0.5, 0.6) is 11.5 Å². The minimum atomic E-state index is 0.555. The molecule has 0 saturated carbocycles. The molecule has 1 aliphatic heterocycles. The summed E-state index contributed by atoms with van der Waals surface area (Å²) in [5.41, 5.74) is 7.35. The fraction of sp³-hybridized carbons (Fsp3) is 0.182. The number of rotatable bonds is 1. The number of aromatic nitrogens is 2. The van der Waals surface area contributed by atoms with E-state index < -0.39 is 0 Å². The standard InChI is InChI=1S/C11H10BrN3O2/c12-7-5-14-15(6-7)9-4-11-10(3-8(9)13)16-1-2-17-11/h3-6H,1-2,13H2. The molecule has 1 aliphatic rings. The van der Waals surface area contributed by atoms with Gasteiger partial charge in [-0.25, -0.2) is 4.68 Å². The van der Waals surface area contributed by atoms with Gasteiger partial charge in [0.15, 0.2) is 11.5 Å². The molecule has 5 nitrogen and oxygen atoms in total. The molecule has 2 N–H and O–H groups in total. The van der Waals surface area contributed by atoms with Gasteiger partial charge in [-0.15, -0.1) is 0 Å². The van der Waals surface area contributed by atoms with Crippen LogP contribution in [0.1, 0.15) is 0 Å². The van der Waals surface area contributed by atoms with E-state index in [4.69, 9.17) is 15.2 Å². The van der Waals surface area contributed by atoms with Crippen LogP contribution in [-0.4, -0.2) is 23.0 Å². The third-order valence-corrected chi connectivity index (χ3v) is 2.90. The zero-order chi connectivity index (χ0) is 11.8. The summed E-state index contributed by atoms with van der Waals surface area (Å²) in [5.74, 6) is 1.38. The highest BCUT2D eigenvalue weighted by molar-refractivity contribution is 9.10. The number of fused-ring (bicyclic) bond motifs is 1. The number of halogens is 1. The summed E-state index contributed by atoms with van der Waals surface area (Å²) in [5, 5.41) is 4.19. The number of nitrogens with two attached hydrogens (primary N) is 1. The van der Waals surface area contributed by atoms with Crippen LogP contribution in [0.3, 0.4) is 0 Å². The molecule has 0 atom stereocenters. The number of nitrogens with zero attached hydrogens (tertiary/aromatic N) is 2. The van der Waals surface area contributed by atoms with Gasteiger partial charge in [-0.2, -0.15) is 5.10 Å². The largest absolute Gasteiger partial charge is 0.486 e. The molecule has 17 heavy (non-hydrogen) atoms. The molecule has 0 amide bonds. The lowest BCUT2D eigenvalue weighted by atomic mass is 10.2. The van der Waals surface area contributed by atoms with Crippen molar-refractivity contribution in [1.29, 1.82) is 0 Å². The van der Waals surface area contributed by atoms with Gasteiger partial charge >= 0.3 is 0 Å². The monoisotopic (exact) mass is 295 g/mol. The van der Waals surface area contributed by atoms with Gasteiger partial charge in [-0.1, -0.05) is 0 Å². The molecule has 2 aromatic rings. The van der Waals surface area contributed by atoms with Crippen molar-refractivity contribution in [2.75, 3.05) is 18.9 Å². The molecular formula is C11H10BrN3O2. The smallest absolute Gasteiger partial charge is 0.163 e. The van der Waals surface area contributed by atoms with Crippen molar-refractivity contribution in [3.8, 4) is 17.2 Å². The van der Waals surface area contributed by atoms with E-state index in [2.05, 4.69) is 21.0 Å². The average molecular weight is 296 g/mol. The Balaban J connectivity index is 2.11. The summed E-state index contributed by atoms with van der Waals surface area (Å²) in [7, 11) is 0. The van der Waals surface area contributed by atoms with Gasteiger partial charge in [0.05, 0.1) is 22.0 Å². The summed E-state index contributed by atoms with van der Waals surface area (Å²) < 4.78 is 13.6. The molecule has 0 fully saturated rings. The van der Waals surface area contributed by atoms with Gasteiger partial charge in [0, 0.05) is 18.3 Å². The van der Waals surface area contributed by atoms with E-state index in [1.807, 2.05) is 12.3 Å². The SMILES string of the molecule is Nc1cc2c(cc1-n1cc(Br)cn1)OCCO2. The number of anilines is 1. The quantitative estimate of drug-likeness (QED) is 0.817. The molecule has 0 saturated heterocycles. The molecule has 2 heterocycles. The summed E-state index contributed by atoms with van der Waals surface area (Å²) in [6, 6.07) is 3.60. The second kappa shape index (κ2) is 3.96. The normalized spacial score (nSPS) is 13.7. The lowest BCUT2D eigenvalue weighted by molar-refractivity contribution is 0.171. The number of ether oxygens (including phenoxy) is 2. The van der Waals surface area contributed by atoms with Crippen LogP contribution in [0.15, 0.2) is 29.0 Å². The van der Waals surface area contributed by atoms with Crippen molar-refractivity contribution in [2.45, 2.75) is 0 Å². The van der Waals surface area contributed by atoms with Crippen molar-refractivity contribution in [3.05, 3.63) is 29.0 Å². The fourth-order valence-corrected chi connectivity index (χ4v) is 2.01. The lowest BCUT2D eigenvalue weighted by Gasteiger charge is -2.20. The van der Waals surface area contributed by atoms with Crippen LogP contribution < -0.4 is 15.2 Å². The number of benzene rings is 1. The first kappa shape index (κ1) is 10.5. The number of nitrogen functional groups attached to an aromatic ring is 1. The summed E-state index contributed by atoms with van der Waals surface area (Å²) in [4.78, 5) is 0. The van der Waals surface area contributed by atoms with Crippen LogP contribution >= 0.6 is 15.9 Å². The Morgan fingerprint density at radius 3 is 2.59 bits per heavy atom. The highest BCUT2D eigenvalue weighted by Crippen LogP contribution is 2.35. The van der Waals surface area contributed by atoms with E-state index in [-0.39, 0.29) is 0 Å². The van der Waals surface area contributed by atoms with Crippen LogP contribution in [0.4, 0.5) is 5.69 Å². The van der Waals surface area contributed by atoms with Crippen LogP contribution in [0.2, 0.25) is 0 Å². The predicted molar refractivity (Wildman–Crippen MR) is 66.7 cm³/mol. The highest BCUT2D eigenvalue weighted by atomic mass is 79.9. The third kappa shape index (κ3) is 1.84. The Hall–Kier alpha value is -1.69. The molecule has 0 spiro atoms. The topological polar surface area (TPSA) is 62.3 Å². The Morgan fingerprint density at radius 1 is 1.24 bits per heavy atom. The minimum absolute atomic E-state index is 0.555. The Labute approximate surface area is 106 Å². The first-order valence-corrected chi connectivity index (χ1v) is 5.93. The zero-order valence-electron chi connectivity index (χ0n) is 8.89. The van der Waals surface area contributed by atoms with Crippen molar-refractivity contribution < 1.29 is 9.47 Å². The Morgan fingerprint density at radius 2 is 1.94 bits per heavy atom. The molecule has 6 heteroatoms. The molecule has 0 bridgehead atoms. The van der Waals surface area contributed by atoms with Gasteiger partial charge in [-0.05, 0) is 15.9 Å². The maximum Gasteiger partial charge on any atom is 0.163 e. The first-order valence-electron chi connectivity index (χ1n) is 5.14. The summed E-state index contributed by atoms with van der Waals surface area (Å²) >= 11 is 3.35. The lowest BCUT2D eigenvalue weighted by Crippen LogP contribution is -2.16. The van der Waals surface area contributed by atoms with E-state index >= 15 is 0 Å². The van der Waals surface area contributed by atoms with Gasteiger partial charge in [0.2, 0.25) is 0 Å². The van der Waals surface area contributed by atoms with Gasteiger partial charge in [0.1, 0.15) is 13.2 Å². The molecule has 3 rings (SSSR count). The highest BCUT2D eigenvalue weighted by Gasteiger charge is 2.15. The van der Waals surface area contributed by atoms with Crippen molar-refractivity contribution in [3.63, 3.8) is 0 Å². The van der Waals surface area contributed by atoms with Crippen molar-refractivity contribution in [1.82, 2.24) is 9.78 Å². The van der Waals surface area contributed by atoms with Crippen molar-refractivity contribution >= 4 is 21.6 Å². The third-order valence-electron chi connectivity index (χ3n) is 2.49. The van der Waals surface area contributed by atoms with E-state index in [1.165, 1.54) is 0 Å². The molecule has 1 aromatic carbocycles. The van der Waals surface area contributed by atoms with Gasteiger partial charge < -0.3 is 15.2 Å². The molecule has 0 aliphatic carbocycles. The van der Waals surface area contributed by atoms with Gasteiger partial charge in [-0.3, -0.25) is 0 Å². The van der Waals surface area contributed by atoms with Crippen LogP contribution in [0.25, 0.3) is 5.69 Å². The number of hydrogen-bond acceptors (Lipinski definition) is 4. The average Bonchev–Trinajstić information content (AvgIpc) is 2.75. The molecule has 1 aromatic heterocycles. The molecule has 0 unspecified atom stereocenters. The number of hydrogen-bond donors (Lipinski definition) is 1. The van der Waals surface area contributed by atoms with E-state index in [9.17, 15) is 0 Å². The minimum Gasteiger partial charge on any atom is -0.486 e. The maximum atomic E-state index is 5.97. The second-order valence-corrected chi connectivity index (χ2v) is 4.57. The van der Waals surface area contributed by atoms with E-state index in [0.29, 0.717) is 30.4 Å². The van der Waals surface area contributed by atoms with Crippen LogP contribution in [0, 0.1) is 0 Å². The Kier molecular flexibility index (Phi) is 2.44. The van der Waals surface area contributed by atoms with Crippen LogP contribution in [-0.2, 0) is 0 Å². The second-order valence-electron chi connectivity index (χ2n) is 3.66. The Bertz CT molecular complexity index is 568. The molecule has 0 radical (unpaired) electrons. The van der Waals surface area contributed by atoms with Gasteiger partial charge in [0.25, 0.3) is 0 Å². The van der Waals surface area contributed by atoms with E-state index in [1.54, 1.807) is 16.9 Å². The molecule has 88 valence electrons. The van der Waals surface area contributed by atoms with E-state index in [0.717, 1.165) is 10.2 Å². The summed E-state index contributed by atoms with van der Waals surface area (Å²) in [6.45, 7) is 1.11. The fourth-order valence-electron chi connectivity index (χ4n) is 1.72. The maximum absolute atomic E-state index is 5.97. The first-order chi connectivity index (χ1) is 8.24.